The molecular weight excluding hydrogens is 344 g/mol. The first-order chi connectivity index (χ1) is 11.5. The average Bonchev–Trinajstić information content (AvgIpc) is 3.08. The van der Waals surface area contributed by atoms with E-state index in [2.05, 4.69) is 10.4 Å². The molecule has 1 aromatic heterocycles. The van der Waals surface area contributed by atoms with E-state index >= 15 is 0 Å². The third kappa shape index (κ3) is 3.07. The first-order valence-electron chi connectivity index (χ1n) is 7.65. The van der Waals surface area contributed by atoms with Crippen molar-refractivity contribution >= 4 is 40.9 Å². The van der Waals surface area contributed by atoms with Crippen molar-refractivity contribution in [3.63, 3.8) is 0 Å². The fraction of sp³-hybridized carbons (Fsp3) is 0.235. The number of carbonyl (C=O) groups is 1. The molecule has 1 atom stereocenters. The molecule has 1 aliphatic heterocycles. The minimum Gasteiger partial charge on any atom is -0.328 e. The Morgan fingerprint density at radius 2 is 2.08 bits per heavy atom. The number of hydrogen-bond donors (Lipinski definition) is 1. The standard InChI is InChI=1S/C17H17ClN4OS/c1-3-21-10-13(18)14(20-21)9-15-16(23)22(17(24)19-15)11(2)12-7-5-4-6-8-12/h4-11H,3H2,1-2H3,(H,19,24)/b15-9-. The van der Waals surface area contributed by atoms with Gasteiger partial charge in [0.25, 0.3) is 5.91 Å². The second kappa shape index (κ2) is 6.75. The van der Waals surface area contributed by atoms with Gasteiger partial charge in [0.05, 0.1) is 11.1 Å². The fourth-order valence-corrected chi connectivity index (χ4v) is 3.15. The first-order valence-corrected chi connectivity index (χ1v) is 8.44. The molecule has 1 unspecified atom stereocenters. The molecule has 0 aliphatic carbocycles. The summed E-state index contributed by atoms with van der Waals surface area (Å²) < 4.78 is 1.72. The van der Waals surface area contributed by atoms with Crippen LogP contribution in [0.4, 0.5) is 0 Å². The van der Waals surface area contributed by atoms with Gasteiger partial charge < -0.3 is 5.32 Å². The maximum atomic E-state index is 12.8. The molecule has 3 rings (SSSR count). The highest BCUT2D eigenvalue weighted by atomic mass is 35.5. The molecule has 1 aromatic carbocycles. The van der Waals surface area contributed by atoms with Gasteiger partial charge in [-0.25, -0.2) is 0 Å². The second-order valence-electron chi connectivity index (χ2n) is 5.47. The van der Waals surface area contributed by atoms with Gasteiger partial charge in [0.2, 0.25) is 0 Å². The number of hydrogen-bond acceptors (Lipinski definition) is 3. The zero-order valence-electron chi connectivity index (χ0n) is 13.4. The Morgan fingerprint density at radius 1 is 1.38 bits per heavy atom. The van der Waals surface area contributed by atoms with E-state index in [9.17, 15) is 4.79 Å². The van der Waals surface area contributed by atoms with Crippen LogP contribution in [0.1, 0.15) is 31.1 Å². The highest BCUT2D eigenvalue weighted by Gasteiger charge is 2.35. The third-order valence-corrected chi connectivity index (χ3v) is 4.52. The first kappa shape index (κ1) is 16.7. The number of benzene rings is 1. The van der Waals surface area contributed by atoms with Gasteiger partial charge in [-0.1, -0.05) is 41.9 Å². The summed E-state index contributed by atoms with van der Waals surface area (Å²) in [5, 5.41) is 8.18. The third-order valence-electron chi connectivity index (χ3n) is 3.93. The van der Waals surface area contributed by atoms with Crippen molar-refractivity contribution < 1.29 is 4.79 Å². The lowest BCUT2D eigenvalue weighted by Gasteiger charge is -2.23. The lowest BCUT2D eigenvalue weighted by molar-refractivity contribution is -0.123. The molecule has 1 saturated heterocycles. The van der Waals surface area contributed by atoms with Gasteiger partial charge in [-0.3, -0.25) is 14.4 Å². The van der Waals surface area contributed by atoms with Crippen LogP contribution in [0.15, 0.2) is 42.2 Å². The molecule has 1 amide bonds. The molecule has 124 valence electrons. The van der Waals surface area contributed by atoms with Crippen LogP contribution in [0, 0.1) is 0 Å². The maximum Gasteiger partial charge on any atom is 0.277 e. The number of rotatable bonds is 4. The number of aryl methyl sites for hydroxylation is 1. The van der Waals surface area contributed by atoms with Crippen molar-refractivity contribution in [2.75, 3.05) is 0 Å². The summed E-state index contributed by atoms with van der Waals surface area (Å²) in [4.78, 5) is 14.3. The van der Waals surface area contributed by atoms with Gasteiger partial charge in [0.15, 0.2) is 5.11 Å². The second-order valence-corrected chi connectivity index (χ2v) is 6.26. The Kier molecular flexibility index (Phi) is 4.69. The molecule has 24 heavy (non-hydrogen) atoms. The van der Waals surface area contributed by atoms with Crippen molar-refractivity contribution in [1.29, 1.82) is 0 Å². The highest BCUT2D eigenvalue weighted by Crippen LogP contribution is 2.27. The van der Waals surface area contributed by atoms with Crippen molar-refractivity contribution in [2.24, 2.45) is 0 Å². The van der Waals surface area contributed by atoms with Crippen LogP contribution in [0.25, 0.3) is 6.08 Å². The van der Waals surface area contributed by atoms with Gasteiger partial charge in [0.1, 0.15) is 11.4 Å². The predicted octanol–water partition coefficient (Wildman–Crippen LogP) is 3.38. The molecule has 2 heterocycles. The van der Waals surface area contributed by atoms with Crippen molar-refractivity contribution in [2.45, 2.75) is 26.4 Å². The van der Waals surface area contributed by atoms with E-state index in [-0.39, 0.29) is 11.9 Å². The largest absolute Gasteiger partial charge is 0.328 e. The molecule has 1 fully saturated rings. The van der Waals surface area contributed by atoms with Gasteiger partial charge in [0, 0.05) is 12.7 Å². The molecule has 1 aliphatic rings. The van der Waals surface area contributed by atoms with E-state index in [0.29, 0.717) is 28.1 Å². The van der Waals surface area contributed by atoms with Gasteiger partial charge in [-0.15, -0.1) is 0 Å². The van der Waals surface area contributed by atoms with Crippen LogP contribution in [-0.2, 0) is 11.3 Å². The number of thiocarbonyl (C=S) groups is 1. The van der Waals surface area contributed by atoms with Crippen molar-refractivity contribution in [1.82, 2.24) is 20.0 Å². The quantitative estimate of drug-likeness (QED) is 0.671. The van der Waals surface area contributed by atoms with Crippen LogP contribution >= 0.6 is 23.8 Å². The summed E-state index contributed by atoms with van der Waals surface area (Å²) in [7, 11) is 0. The van der Waals surface area contributed by atoms with Crippen LogP contribution < -0.4 is 5.32 Å². The van der Waals surface area contributed by atoms with E-state index in [4.69, 9.17) is 23.8 Å². The van der Waals surface area contributed by atoms with Gasteiger partial charge >= 0.3 is 0 Å². The minimum absolute atomic E-state index is 0.159. The van der Waals surface area contributed by atoms with E-state index in [1.165, 1.54) is 0 Å². The Hall–Kier alpha value is -2.18. The lowest BCUT2D eigenvalue weighted by atomic mass is 10.1. The molecular formula is C17H17ClN4OS. The summed E-state index contributed by atoms with van der Waals surface area (Å²) >= 11 is 11.5. The zero-order chi connectivity index (χ0) is 17.3. The number of nitrogens with one attached hydrogen (secondary N) is 1. The van der Waals surface area contributed by atoms with Crippen LogP contribution in [0.5, 0.6) is 0 Å². The summed E-state index contributed by atoms with van der Waals surface area (Å²) in [6.07, 6.45) is 3.37. The van der Waals surface area contributed by atoms with Crippen LogP contribution in [0.2, 0.25) is 5.02 Å². The van der Waals surface area contributed by atoms with Gasteiger partial charge in [-0.05, 0) is 37.7 Å². The summed E-state index contributed by atoms with van der Waals surface area (Å²) in [5.74, 6) is -0.182. The molecule has 0 bridgehead atoms. The predicted molar refractivity (Wildman–Crippen MR) is 98.3 cm³/mol. The normalized spacial score (nSPS) is 17.5. The summed E-state index contributed by atoms with van der Waals surface area (Å²) in [5.41, 5.74) is 1.95. The number of amides is 1. The molecule has 7 heteroatoms. The topological polar surface area (TPSA) is 50.2 Å². The van der Waals surface area contributed by atoms with E-state index in [0.717, 1.165) is 5.56 Å². The summed E-state index contributed by atoms with van der Waals surface area (Å²) in [6.45, 7) is 4.63. The van der Waals surface area contributed by atoms with Crippen LogP contribution in [-0.4, -0.2) is 25.7 Å². The van der Waals surface area contributed by atoms with Crippen molar-refractivity contribution in [3.8, 4) is 0 Å². The summed E-state index contributed by atoms with van der Waals surface area (Å²) in [6, 6.07) is 9.61. The minimum atomic E-state index is -0.182. The fourth-order valence-electron chi connectivity index (χ4n) is 2.59. The van der Waals surface area contributed by atoms with Gasteiger partial charge in [-0.2, -0.15) is 5.10 Å². The Morgan fingerprint density at radius 3 is 2.71 bits per heavy atom. The van der Waals surface area contributed by atoms with E-state index < -0.39 is 0 Å². The average molecular weight is 361 g/mol. The number of aromatic nitrogens is 2. The lowest BCUT2D eigenvalue weighted by Crippen LogP contribution is -2.33. The van der Waals surface area contributed by atoms with Crippen molar-refractivity contribution in [3.05, 3.63) is 58.5 Å². The zero-order valence-corrected chi connectivity index (χ0v) is 14.9. The highest BCUT2D eigenvalue weighted by molar-refractivity contribution is 7.80. The smallest absolute Gasteiger partial charge is 0.277 e. The molecule has 1 N–H and O–H groups in total. The Balaban J connectivity index is 1.88. The molecule has 2 aromatic rings. The maximum absolute atomic E-state index is 12.8. The number of nitrogens with zero attached hydrogens (tertiary/aromatic N) is 3. The molecule has 5 nitrogen and oxygen atoms in total. The molecule has 0 spiro atoms. The molecule has 0 saturated carbocycles. The SMILES string of the molecule is CCn1cc(Cl)c(/C=C2\NC(=S)N(C(C)c3ccccc3)C2=O)n1. The Bertz CT molecular complexity index is 815. The number of halogens is 1. The van der Waals surface area contributed by atoms with Crippen LogP contribution in [0.3, 0.4) is 0 Å². The molecule has 0 radical (unpaired) electrons. The number of carbonyl (C=O) groups excluding carboxylic acids is 1. The Labute approximate surface area is 150 Å². The van der Waals surface area contributed by atoms with E-state index in [1.54, 1.807) is 21.9 Å². The van der Waals surface area contributed by atoms with E-state index in [1.807, 2.05) is 44.2 Å². The monoisotopic (exact) mass is 360 g/mol.